The number of hydrogen-bond donors (Lipinski definition) is 1. The largest absolute Gasteiger partial charge is 0.350 e. The predicted octanol–water partition coefficient (Wildman–Crippen LogP) is 3.83. The highest BCUT2D eigenvalue weighted by atomic mass is 35.5. The summed E-state index contributed by atoms with van der Waals surface area (Å²) in [4.78, 5) is 15.4. The van der Waals surface area contributed by atoms with Crippen molar-refractivity contribution in [3.05, 3.63) is 35.0 Å². The summed E-state index contributed by atoms with van der Waals surface area (Å²) in [5, 5.41) is 4.82. The van der Waals surface area contributed by atoms with Gasteiger partial charge >= 0.3 is 0 Å². The van der Waals surface area contributed by atoms with Crippen LogP contribution in [0.5, 0.6) is 0 Å². The Morgan fingerprint density at radius 2 is 2.08 bits per heavy atom. The number of carbonyl (C=O) groups excluding carboxylic acids is 1. The lowest BCUT2D eigenvalue weighted by atomic mass is 9.83. The van der Waals surface area contributed by atoms with Gasteiger partial charge in [-0.3, -0.25) is 4.79 Å². The summed E-state index contributed by atoms with van der Waals surface area (Å²) in [6.45, 7) is 3.24. The Bertz CT molecular complexity index is 783. The summed E-state index contributed by atoms with van der Waals surface area (Å²) >= 11 is 6.27. The summed E-state index contributed by atoms with van der Waals surface area (Å²) in [6, 6.07) is 8.35. The van der Waals surface area contributed by atoms with Gasteiger partial charge in [0.2, 0.25) is 0 Å². The van der Waals surface area contributed by atoms with Crippen molar-refractivity contribution < 1.29 is 4.79 Å². The van der Waals surface area contributed by atoms with Crippen LogP contribution in [0.1, 0.15) is 42.6 Å². The molecule has 2 aliphatic rings. The van der Waals surface area contributed by atoms with Gasteiger partial charge in [0.1, 0.15) is 5.69 Å². The molecule has 2 atom stereocenters. The van der Waals surface area contributed by atoms with Gasteiger partial charge in [-0.25, -0.2) is 0 Å². The molecule has 2 aromatic rings. The van der Waals surface area contributed by atoms with Crippen LogP contribution < -0.4 is 5.32 Å². The van der Waals surface area contributed by atoms with Crippen LogP contribution in [-0.4, -0.2) is 41.1 Å². The first-order chi connectivity index (χ1) is 12.1. The van der Waals surface area contributed by atoms with E-state index in [1.165, 1.54) is 45.2 Å². The molecule has 0 radical (unpaired) electrons. The van der Waals surface area contributed by atoms with Gasteiger partial charge in [0.25, 0.3) is 5.91 Å². The van der Waals surface area contributed by atoms with Crippen molar-refractivity contribution in [1.29, 1.82) is 0 Å². The van der Waals surface area contributed by atoms with Crippen LogP contribution in [-0.2, 0) is 7.05 Å². The average Bonchev–Trinajstić information content (AvgIpc) is 2.98. The molecule has 2 saturated heterocycles. The molecule has 1 amide bonds. The van der Waals surface area contributed by atoms with E-state index in [4.69, 9.17) is 11.6 Å². The van der Waals surface area contributed by atoms with Gasteiger partial charge in [-0.2, -0.15) is 0 Å². The van der Waals surface area contributed by atoms with Crippen LogP contribution >= 0.6 is 11.6 Å². The first-order valence-electron chi connectivity index (χ1n) is 9.41. The maximum Gasteiger partial charge on any atom is 0.267 e. The molecular weight excluding hydrogens is 334 g/mol. The van der Waals surface area contributed by atoms with E-state index >= 15 is 0 Å². The van der Waals surface area contributed by atoms with Gasteiger partial charge in [-0.1, -0.05) is 24.1 Å². The molecule has 3 heterocycles. The Kier molecular flexibility index (Phi) is 4.74. The molecule has 0 aliphatic carbocycles. The summed E-state index contributed by atoms with van der Waals surface area (Å²) in [5.41, 5.74) is 1.67. The molecule has 0 saturated carbocycles. The van der Waals surface area contributed by atoms with E-state index in [0.29, 0.717) is 22.7 Å². The molecule has 134 valence electrons. The van der Waals surface area contributed by atoms with Crippen molar-refractivity contribution in [2.75, 3.05) is 19.6 Å². The Balaban J connectivity index is 1.47. The van der Waals surface area contributed by atoms with E-state index in [9.17, 15) is 4.79 Å². The molecule has 0 unspecified atom stereocenters. The number of hydrogen-bond acceptors (Lipinski definition) is 2. The zero-order chi connectivity index (χ0) is 17.4. The number of benzene rings is 1. The molecule has 4 rings (SSSR count). The Morgan fingerprint density at radius 3 is 2.92 bits per heavy atom. The van der Waals surface area contributed by atoms with Crippen LogP contribution in [0, 0.1) is 5.92 Å². The first-order valence-corrected chi connectivity index (χ1v) is 9.79. The summed E-state index contributed by atoms with van der Waals surface area (Å²) in [6.07, 6.45) is 6.41. The Hall–Kier alpha value is -1.52. The molecule has 1 aromatic carbocycles. The topological polar surface area (TPSA) is 37.3 Å². The van der Waals surface area contributed by atoms with Crippen LogP contribution in [0.15, 0.2) is 24.3 Å². The SMILES string of the molecule is Cn1c(C(=O)NC[C@@H]2CCCN3CCCC[C@H]23)cc2c(Cl)cccc21. The van der Waals surface area contributed by atoms with Crippen molar-refractivity contribution in [3.8, 4) is 0 Å². The second-order valence-electron chi connectivity index (χ2n) is 7.47. The molecule has 1 N–H and O–H groups in total. The fraction of sp³-hybridized carbons (Fsp3) is 0.550. The van der Waals surface area contributed by atoms with Crippen molar-refractivity contribution in [2.45, 2.75) is 38.1 Å². The van der Waals surface area contributed by atoms with Gasteiger partial charge in [0, 0.05) is 35.6 Å². The molecule has 5 heteroatoms. The highest BCUT2D eigenvalue weighted by Gasteiger charge is 2.33. The number of nitrogens with one attached hydrogen (secondary N) is 1. The van der Waals surface area contributed by atoms with E-state index in [0.717, 1.165) is 17.4 Å². The lowest BCUT2D eigenvalue weighted by molar-refractivity contribution is 0.0574. The van der Waals surface area contributed by atoms with E-state index in [1.54, 1.807) is 0 Å². The van der Waals surface area contributed by atoms with E-state index in [1.807, 2.05) is 35.9 Å². The molecule has 2 aliphatic heterocycles. The van der Waals surface area contributed by atoms with Crippen molar-refractivity contribution in [1.82, 2.24) is 14.8 Å². The molecule has 0 bridgehead atoms. The minimum atomic E-state index is 0.00250. The van der Waals surface area contributed by atoms with Crippen LogP contribution in [0.3, 0.4) is 0 Å². The minimum absolute atomic E-state index is 0.00250. The zero-order valence-corrected chi connectivity index (χ0v) is 15.6. The van der Waals surface area contributed by atoms with Crippen molar-refractivity contribution >= 4 is 28.4 Å². The molecule has 1 aromatic heterocycles. The van der Waals surface area contributed by atoms with Crippen molar-refractivity contribution in [2.24, 2.45) is 13.0 Å². The van der Waals surface area contributed by atoms with E-state index in [-0.39, 0.29) is 5.91 Å². The summed E-state index contributed by atoms with van der Waals surface area (Å²) < 4.78 is 1.93. The quantitative estimate of drug-likeness (QED) is 0.904. The third-order valence-electron chi connectivity index (χ3n) is 6.02. The summed E-state index contributed by atoms with van der Waals surface area (Å²) in [5.74, 6) is 0.582. The average molecular weight is 360 g/mol. The number of amides is 1. The third-order valence-corrected chi connectivity index (χ3v) is 6.35. The lowest BCUT2D eigenvalue weighted by Crippen LogP contribution is -2.51. The highest BCUT2D eigenvalue weighted by Crippen LogP contribution is 2.31. The fourth-order valence-electron chi connectivity index (χ4n) is 4.67. The van der Waals surface area contributed by atoms with Gasteiger partial charge in [-0.05, 0) is 62.9 Å². The minimum Gasteiger partial charge on any atom is -0.350 e. The third kappa shape index (κ3) is 3.18. The molecule has 0 spiro atoms. The second-order valence-corrected chi connectivity index (χ2v) is 7.88. The number of halogens is 1. The smallest absolute Gasteiger partial charge is 0.267 e. The zero-order valence-electron chi connectivity index (χ0n) is 14.8. The number of aromatic nitrogens is 1. The Morgan fingerprint density at radius 1 is 1.24 bits per heavy atom. The summed E-state index contributed by atoms with van der Waals surface area (Å²) in [7, 11) is 1.93. The first kappa shape index (κ1) is 16.9. The lowest BCUT2D eigenvalue weighted by Gasteiger charge is -2.44. The normalized spacial score (nSPS) is 24.2. The number of carbonyl (C=O) groups is 1. The number of aryl methyl sites for hydroxylation is 1. The van der Waals surface area contributed by atoms with Gasteiger partial charge < -0.3 is 14.8 Å². The molecule has 2 fully saturated rings. The van der Waals surface area contributed by atoms with Crippen LogP contribution in [0.4, 0.5) is 0 Å². The standard InChI is InChI=1S/C20H26ClN3O/c1-23-18-9-4-7-16(21)15(18)12-19(23)20(25)22-13-14-6-5-11-24-10-3-2-8-17(14)24/h4,7,9,12,14,17H,2-3,5-6,8,10-11,13H2,1H3,(H,22,25)/t14-,17+/m0/s1. The number of nitrogens with zero attached hydrogens (tertiary/aromatic N) is 2. The number of fused-ring (bicyclic) bond motifs is 2. The fourth-order valence-corrected chi connectivity index (χ4v) is 4.90. The van der Waals surface area contributed by atoms with Gasteiger partial charge in [0.15, 0.2) is 0 Å². The highest BCUT2D eigenvalue weighted by molar-refractivity contribution is 6.35. The monoisotopic (exact) mass is 359 g/mol. The van der Waals surface area contributed by atoms with Crippen molar-refractivity contribution in [3.63, 3.8) is 0 Å². The molecule has 25 heavy (non-hydrogen) atoms. The van der Waals surface area contributed by atoms with Crippen LogP contribution in [0.2, 0.25) is 5.02 Å². The van der Waals surface area contributed by atoms with Gasteiger partial charge in [-0.15, -0.1) is 0 Å². The van der Waals surface area contributed by atoms with E-state index in [2.05, 4.69) is 10.2 Å². The molecular formula is C20H26ClN3O. The Labute approximate surface area is 154 Å². The number of piperidine rings is 2. The molecule has 4 nitrogen and oxygen atoms in total. The second kappa shape index (κ2) is 7.00. The number of rotatable bonds is 3. The van der Waals surface area contributed by atoms with Crippen LogP contribution in [0.25, 0.3) is 10.9 Å². The van der Waals surface area contributed by atoms with E-state index < -0.39 is 0 Å². The maximum absolute atomic E-state index is 12.8. The maximum atomic E-state index is 12.8. The van der Waals surface area contributed by atoms with Gasteiger partial charge in [0.05, 0.1) is 0 Å². The predicted molar refractivity (Wildman–Crippen MR) is 102 cm³/mol.